The quantitative estimate of drug-likeness (QED) is 0.907. The van der Waals surface area contributed by atoms with Gasteiger partial charge in [-0.1, -0.05) is 32.0 Å². The molecule has 0 aliphatic heterocycles. The van der Waals surface area contributed by atoms with Gasteiger partial charge in [0, 0.05) is 11.9 Å². The second-order valence-electron chi connectivity index (χ2n) is 4.94. The summed E-state index contributed by atoms with van der Waals surface area (Å²) in [5.74, 6) is -0.684. The van der Waals surface area contributed by atoms with Crippen LogP contribution < -0.4 is 5.56 Å². The lowest BCUT2D eigenvalue weighted by molar-refractivity contribution is -0.136. The maximum absolute atomic E-state index is 12.3. The molecule has 0 atom stereocenters. The van der Waals surface area contributed by atoms with Crippen molar-refractivity contribution in [1.29, 1.82) is 0 Å². The molecule has 100 valence electrons. The number of rotatable bonds is 4. The van der Waals surface area contributed by atoms with Gasteiger partial charge in [0.15, 0.2) is 0 Å². The van der Waals surface area contributed by atoms with Gasteiger partial charge in [-0.15, -0.1) is 0 Å². The summed E-state index contributed by atoms with van der Waals surface area (Å²) in [5.41, 5.74) is 0.266. The zero-order chi connectivity index (χ0) is 14.0. The molecule has 0 amide bonds. The standard InChI is InChI=1S/C14H16N2O3/c1-9(2)8-16-14(19)11-6-4-3-5-10(11)12(15-16)7-13(17)18/h3-6,9H,7-8H2,1-2H3,(H,17,18). The number of carbonyl (C=O) groups is 1. The van der Waals surface area contributed by atoms with Crippen LogP contribution in [0.2, 0.25) is 0 Å². The van der Waals surface area contributed by atoms with Crippen LogP contribution in [0.4, 0.5) is 0 Å². The number of aromatic nitrogens is 2. The number of fused-ring (bicyclic) bond motifs is 1. The van der Waals surface area contributed by atoms with E-state index in [4.69, 9.17) is 5.11 Å². The fourth-order valence-electron chi connectivity index (χ4n) is 2.05. The number of nitrogens with zero attached hydrogens (tertiary/aromatic N) is 2. The van der Waals surface area contributed by atoms with E-state index in [0.29, 0.717) is 23.0 Å². The Morgan fingerprint density at radius 1 is 1.32 bits per heavy atom. The van der Waals surface area contributed by atoms with Gasteiger partial charge in [-0.3, -0.25) is 9.59 Å². The van der Waals surface area contributed by atoms with E-state index in [-0.39, 0.29) is 17.9 Å². The molecule has 1 N–H and O–H groups in total. The van der Waals surface area contributed by atoms with E-state index >= 15 is 0 Å². The van der Waals surface area contributed by atoms with Crippen molar-refractivity contribution in [2.45, 2.75) is 26.8 Å². The van der Waals surface area contributed by atoms with Crippen molar-refractivity contribution < 1.29 is 9.90 Å². The molecule has 1 aromatic heterocycles. The van der Waals surface area contributed by atoms with Crippen LogP contribution in [0, 0.1) is 5.92 Å². The van der Waals surface area contributed by atoms with Gasteiger partial charge in [-0.2, -0.15) is 5.10 Å². The third kappa shape index (κ3) is 2.81. The van der Waals surface area contributed by atoms with Crippen LogP contribution in [0.5, 0.6) is 0 Å². The Kier molecular flexibility index (Phi) is 3.64. The van der Waals surface area contributed by atoms with Crippen molar-refractivity contribution in [2.75, 3.05) is 0 Å². The third-order valence-electron chi connectivity index (χ3n) is 2.80. The number of carboxylic acid groups (broad SMARTS) is 1. The molecule has 0 radical (unpaired) electrons. The summed E-state index contributed by atoms with van der Waals surface area (Å²) < 4.78 is 1.37. The van der Waals surface area contributed by atoms with Gasteiger partial charge >= 0.3 is 5.97 Å². The SMILES string of the molecule is CC(C)Cn1nc(CC(=O)O)c2ccccc2c1=O. The molecule has 2 aromatic rings. The smallest absolute Gasteiger partial charge is 0.309 e. The summed E-state index contributed by atoms with van der Waals surface area (Å²) in [6.07, 6.45) is -0.182. The summed E-state index contributed by atoms with van der Waals surface area (Å²) in [7, 11) is 0. The molecule has 0 bridgehead atoms. The number of carboxylic acids is 1. The van der Waals surface area contributed by atoms with E-state index in [9.17, 15) is 9.59 Å². The molecule has 0 aliphatic rings. The first-order valence-corrected chi connectivity index (χ1v) is 6.19. The maximum Gasteiger partial charge on any atom is 0.309 e. The van der Waals surface area contributed by atoms with E-state index in [1.54, 1.807) is 24.3 Å². The van der Waals surface area contributed by atoms with Gasteiger partial charge in [0.1, 0.15) is 0 Å². The number of hydrogen-bond acceptors (Lipinski definition) is 3. The van der Waals surface area contributed by atoms with E-state index in [1.165, 1.54) is 4.68 Å². The van der Waals surface area contributed by atoms with Gasteiger partial charge in [0.2, 0.25) is 0 Å². The molecule has 5 heteroatoms. The Labute approximate surface area is 110 Å². The first kappa shape index (κ1) is 13.3. The van der Waals surface area contributed by atoms with Crippen molar-refractivity contribution in [3.8, 4) is 0 Å². The number of aliphatic carboxylic acids is 1. The molecule has 0 aliphatic carbocycles. The number of benzene rings is 1. The fourth-order valence-corrected chi connectivity index (χ4v) is 2.05. The molecule has 0 fully saturated rings. The van der Waals surface area contributed by atoms with Crippen molar-refractivity contribution >= 4 is 16.7 Å². The lowest BCUT2D eigenvalue weighted by Crippen LogP contribution is -2.27. The molecule has 5 nitrogen and oxygen atoms in total. The number of hydrogen-bond donors (Lipinski definition) is 1. The Balaban J connectivity index is 2.68. The molecular weight excluding hydrogens is 244 g/mol. The minimum atomic E-state index is -0.951. The predicted molar refractivity (Wildman–Crippen MR) is 72.2 cm³/mol. The van der Waals surface area contributed by atoms with Crippen molar-refractivity contribution in [3.63, 3.8) is 0 Å². The first-order chi connectivity index (χ1) is 8.99. The van der Waals surface area contributed by atoms with Crippen molar-refractivity contribution in [1.82, 2.24) is 9.78 Å². The molecule has 1 heterocycles. The molecular formula is C14H16N2O3. The van der Waals surface area contributed by atoms with E-state index in [0.717, 1.165) is 0 Å². The van der Waals surface area contributed by atoms with Crippen LogP contribution in [-0.2, 0) is 17.8 Å². The lowest BCUT2D eigenvalue weighted by Gasteiger charge is -2.11. The Morgan fingerprint density at radius 2 is 1.95 bits per heavy atom. The summed E-state index contributed by atoms with van der Waals surface area (Å²) >= 11 is 0. The Morgan fingerprint density at radius 3 is 2.53 bits per heavy atom. The zero-order valence-electron chi connectivity index (χ0n) is 11.0. The average molecular weight is 260 g/mol. The lowest BCUT2D eigenvalue weighted by atomic mass is 10.1. The van der Waals surface area contributed by atoms with Gasteiger partial charge < -0.3 is 5.11 Å². The van der Waals surface area contributed by atoms with E-state index in [1.807, 2.05) is 13.8 Å². The summed E-state index contributed by atoms with van der Waals surface area (Å²) in [6, 6.07) is 7.00. The summed E-state index contributed by atoms with van der Waals surface area (Å²) in [5, 5.41) is 14.3. The zero-order valence-corrected chi connectivity index (χ0v) is 11.0. The molecule has 1 aromatic carbocycles. The molecule has 0 saturated carbocycles. The highest BCUT2D eigenvalue weighted by Gasteiger charge is 2.13. The highest BCUT2D eigenvalue weighted by Crippen LogP contribution is 2.14. The minimum absolute atomic E-state index is 0.168. The van der Waals surface area contributed by atoms with Crippen LogP contribution in [-0.4, -0.2) is 20.9 Å². The summed E-state index contributed by atoms with van der Waals surface area (Å²) in [4.78, 5) is 23.2. The van der Waals surface area contributed by atoms with Gasteiger partial charge in [0.05, 0.1) is 17.5 Å². The fraction of sp³-hybridized carbons (Fsp3) is 0.357. The molecule has 0 saturated heterocycles. The van der Waals surface area contributed by atoms with E-state index in [2.05, 4.69) is 5.10 Å². The Bertz CT molecular complexity index is 674. The van der Waals surface area contributed by atoms with Gasteiger partial charge in [0.25, 0.3) is 5.56 Å². The average Bonchev–Trinajstić information content (AvgIpc) is 2.34. The van der Waals surface area contributed by atoms with E-state index < -0.39 is 5.97 Å². The van der Waals surface area contributed by atoms with Crippen LogP contribution in [0.25, 0.3) is 10.8 Å². The Hall–Kier alpha value is -2.17. The molecule has 19 heavy (non-hydrogen) atoms. The molecule has 0 spiro atoms. The minimum Gasteiger partial charge on any atom is -0.481 e. The largest absolute Gasteiger partial charge is 0.481 e. The van der Waals surface area contributed by atoms with Crippen LogP contribution in [0.15, 0.2) is 29.1 Å². The third-order valence-corrected chi connectivity index (χ3v) is 2.80. The van der Waals surface area contributed by atoms with Crippen LogP contribution >= 0.6 is 0 Å². The second kappa shape index (κ2) is 5.22. The normalized spacial score (nSPS) is 11.1. The highest BCUT2D eigenvalue weighted by atomic mass is 16.4. The maximum atomic E-state index is 12.3. The first-order valence-electron chi connectivity index (χ1n) is 6.19. The van der Waals surface area contributed by atoms with Crippen molar-refractivity contribution in [2.24, 2.45) is 5.92 Å². The van der Waals surface area contributed by atoms with Gasteiger partial charge in [-0.25, -0.2) is 4.68 Å². The molecule has 2 rings (SSSR count). The highest BCUT2D eigenvalue weighted by molar-refractivity contribution is 5.86. The van der Waals surface area contributed by atoms with Gasteiger partial charge in [-0.05, 0) is 12.0 Å². The van der Waals surface area contributed by atoms with Crippen LogP contribution in [0.3, 0.4) is 0 Å². The molecule has 0 unspecified atom stereocenters. The monoisotopic (exact) mass is 260 g/mol. The second-order valence-corrected chi connectivity index (χ2v) is 4.94. The summed E-state index contributed by atoms with van der Waals surface area (Å²) in [6.45, 7) is 4.46. The topological polar surface area (TPSA) is 72.2 Å². The van der Waals surface area contributed by atoms with Crippen LogP contribution in [0.1, 0.15) is 19.5 Å². The van der Waals surface area contributed by atoms with Crippen molar-refractivity contribution in [3.05, 3.63) is 40.3 Å². The predicted octanol–water partition coefficient (Wildman–Crippen LogP) is 1.68.